The van der Waals surface area contributed by atoms with E-state index in [1.807, 2.05) is 6.07 Å². The molecule has 1 aliphatic heterocycles. The minimum atomic E-state index is -0.855. The number of carboxylic acids is 1. The summed E-state index contributed by atoms with van der Waals surface area (Å²) in [4.78, 5) is 27.3. The third kappa shape index (κ3) is 3.66. The molecule has 3 rings (SSSR count). The second-order valence-electron chi connectivity index (χ2n) is 5.80. The van der Waals surface area contributed by atoms with Crippen LogP contribution in [0.3, 0.4) is 0 Å². The Labute approximate surface area is 143 Å². The summed E-state index contributed by atoms with van der Waals surface area (Å²) >= 11 is 6.13. The van der Waals surface area contributed by atoms with Crippen molar-refractivity contribution in [2.24, 2.45) is 5.92 Å². The van der Waals surface area contributed by atoms with Gasteiger partial charge in [0.25, 0.3) is 0 Å². The molecule has 6 nitrogen and oxygen atoms in total. The van der Waals surface area contributed by atoms with Crippen LogP contribution in [0.15, 0.2) is 30.5 Å². The summed E-state index contributed by atoms with van der Waals surface area (Å²) in [5.41, 5.74) is 1.29. The number of hydrogen-bond donors (Lipinski definition) is 2. The Balaban J connectivity index is 1.68. The number of aliphatic carboxylic acids is 1. The van der Waals surface area contributed by atoms with E-state index in [-0.39, 0.29) is 24.3 Å². The molecule has 1 aliphatic rings. The quantitative estimate of drug-likeness (QED) is 0.866. The Kier molecular flexibility index (Phi) is 4.97. The van der Waals surface area contributed by atoms with Crippen molar-refractivity contribution in [3.05, 3.63) is 35.5 Å². The lowest BCUT2D eigenvalue weighted by molar-refractivity contribution is -0.137. The molecule has 7 heteroatoms. The van der Waals surface area contributed by atoms with E-state index in [0.717, 1.165) is 5.39 Å². The number of ether oxygens (including phenoxy) is 1. The lowest BCUT2D eigenvalue weighted by Gasteiger charge is -2.12. The molecule has 2 aromatic rings. The number of aromatic nitrogens is 1. The number of halogens is 1. The van der Waals surface area contributed by atoms with Gasteiger partial charge in [-0.2, -0.15) is 0 Å². The Morgan fingerprint density at radius 1 is 1.38 bits per heavy atom. The second-order valence-corrected chi connectivity index (χ2v) is 6.21. The van der Waals surface area contributed by atoms with E-state index in [1.54, 1.807) is 24.4 Å². The number of amides is 1. The number of carbonyl (C=O) groups is 2. The van der Waals surface area contributed by atoms with E-state index in [0.29, 0.717) is 35.7 Å². The maximum absolute atomic E-state index is 12.5. The van der Waals surface area contributed by atoms with Gasteiger partial charge in [0.05, 0.1) is 34.9 Å². The van der Waals surface area contributed by atoms with Crippen LogP contribution in [-0.4, -0.2) is 34.7 Å². The Hall–Kier alpha value is -2.18. The Bertz CT molecular complexity index is 780. The number of nitrogens with zero attached hydrogens (tertiary/aromatic N) is 1. The summed E-state index contributed by atoms with van der Waals surface area (Å²) in [6.07, 6.45) is 2.47. The molecule has 0 spiro atoms. The molecule has 126 valence electrons. The van der Waals surface area contributed by atoms with Crippen LogP contribution in [0.1, 0.15) is 19.3 Å². The minimum absolute atomic E-state index is 0.0481. The first kappa shape index (κ1) is 16.7. The van der Waals surface area contributed by atoms with Gasteiger partial charge in [0.15, 0.2) is 0 Å². The van der Waals surface area contributed by atoms with E-state index >= 15 is 0 Å². The molecule has 1 amide bonds. The molecule has 2 N–H and O–H groups in total. The van der Waals surface area contributed by atoms with Gasteiger partial charge in [0.1, 0.15) is 0 Å². The molecule has 1 fully saturated rings. The van der Waals surface area contributed by atoms with Crippen molar-refractivity contribution in [1.29, 1.82) is 0 Å². The largest absolute Gasteiger partial charge is 0.481 e. The summed E-state index contributed by atoms with van der Waals surface area (Å²) in [5.74, 6) is -1.28. The van der Waals surface area contributed by atoms with Crippen LogP contribution < -0.4 is 5.32 Å². The SMILES string of the molecule is O=C(O)CCC1CC(C(=O)Nc2ccc(Cl)c3ncccc23)CO1. The Morgan fingerprint density at radius 2 is 2.21 bits per heavy atom. The van der Waals surface area contributed by atoms with Gasteiger partial charge in [-0.1, -0.05) is 11.6 Å². The number of carboxylic acid groups (broad SMARTS) is 1. The van der Waals surface area contributed by atoms with E-state index in [2.05, 4.69) is 10.3 Å². The van der Waals surface area contributed by atoms with Crippen LogP contribution in [-0.2, 0) is 14.3 Å². The average Bonchev–Trinajstić information content (AvgIpc) is 3.05. The summed E-state index contributed by atoms with van der Waals surface area (Å²) in [5, 5.41) is 12.9. The van der Waals surface area contributed by atoms with Gasteiger partial charge >= 0.3 is 5.97 Å². The van der Waals surface area contributed by atoms with Gasteiger partial charge in [-0.05, 0) is 37.1 Å². The van der Waals surface area contributed by atoms with Crippen LogP contribution in [0, 0.1) is 5.92 Å². The van der Waals surface area contributed by atoms with Crippen LogP contribution >= 0.6 is 11.6 Å². The zero-order valence-electron chi connectivity index (χ0n) is 12.9. The van der Waals surface area contributed by atoms with Crippen molar-refractivity contribution in [2.45, 2.75) is 25.4 Å². The molecule has 2 heterocycles. The predicted molar refractivity (Wildman–Crippen MR) is 90.1 cm³/mol. The summed E-state index contributed by atoms with van der Waals surface area (Å²) in [6, 6.07) is 7.09. The fraction of sp³-hybridized carbons (Fsp3) is 0.353. The third-order valence-corrected chi connectivity index (χ3v) is 4.41. The van der Waals surface area contributed by atoms with Crippen molar-refractivity contribution < 1.29 is 19.4 Å². The molecule has 0 saturated carbocycles. The van der Waals surface area contributed by atoms with Gasteiger partial charge in [-0.3, -0.25) is 14.6 Å². The smallest absolute Gasteiger partial charge is 0.303 e. The van der Waals surface area contributed by atoms with Gasteiger partial charge in [-0.15, -0.1) is 0 Å². The lowest BCUT2D eigenvalue weighted by Crippen LogP contribution is -2.23. The predicted octanol–water partition coefficient (Wildman–Crippen LogP) is 3.10. The average molecular weight is 349 g/mol. The van der Waals surface area contributed by atoms with E-state index < -0.39 is 5.97 Å². The molecule has 0 aliphatic carbocycles. The van der Waals surface area contributed by atoms with Crippen molar-refractivity contribution in [3.8, 4) is 0 Å². The second kappa shape index (κ2) is 7.15. The van der Waals surface area contributed by atoms with Crippen molar-refractivity contribution in [1.82, 2.24) is 4.98 Å². The fourth-order valence-corrected chi connectivity index (χ4v) is 3.07. The third-order valence-electron chi connectivity index (χ3n) is 4.11. The molecule has 24 heavy (non-hydrogen) atoms. The molecular formula is C17H17ClN2O4. The summed E-state index contributed by atoms with van der Waals surface area (Å²) < 4.78 is 5.52. The molecule has 2 unspecified atom stereocenters. The van der Waals surface area contributed by atoms with E-state index in [1.165, 1.54) is 0 Å². The van der Waals surface area contributed by atoms with Gasteiger partial charge in [0.2, 0.25) is 5.91 Å². The van der Waals surface area contributed by atoms with E-state index in [9.17, 15) is 9.59 Å². The van der Waals surface area contributed by atoms with Crippen molar-refractivity contribution >= 4 is 40.1 Å². The van der Waals surface area contributed by atoms with E-state index in [4.69, 9.17) is 21.4 Å². The van der Waals surface area contributed by atoms with Crippen LogP contribution in [0.25, 0.3) is 10.9 Å². The first-order valence-electron chi connectivity index (χ1n) is 7.72. The number of fused-ring (bicyclic) bond motifs is 1. The first-order valence-corrected chi connectivity index (χ1v) is 8.10. The summed E-state index contributed by atoms with van der Waals surface area (Å²) in [6.45, 7) is 0.305. The highest BCUT2D eigenvalue weighted by atomic mass is 35.5. The highest BCUT2D eigenvalue weighted by Gasteiger charge is 2.31. The number of benzene rings is 1. The van der Waals surface area contributed by atoms with Crippen LogP contribution in [0.4, 0.5) is 5.69 Å². The zero-order valence-corrected chi connectivity index (χ0v) is 13.6. The summed E-state index contributed by atoms with van der Waals surface area (Å²) in [7, 11) is 0. The number of nitrogens with one attached hydrogen (secondary N) is 1. The molecule has 1 aromatic carbocycles. The molecular weight excluding hydrogens is 332 g/mol. The standard InChI is InChI=1S/C17H17ClN2O4/c18-13-4-5-14(12-2-1-7-19-16(12)13)20-17(23)10-8-11(24-9-10)3-6-15(21)22/h1-2,4-5,7,10-11H,3,6,8-9H2,(H,20,23)(H,21,22). The van der Waals surface area contributed by atoms with Gasteiger partial charge < -0.3 is 15.2 Å². The number of rotatable bonds is 5. The molecule has 1 aromatic heterocycles. The van der Waals surface area contributed by atoms with Crippen molar-refractivity contribution in [3.63, 3.8) is 0 Å². The maximum Gasteiger partial charge on any atom is 0.303 e. The topological polar surface area (TPSA) is 88.5 Å². The van der Waals surface area contributed by atoms with Gasteiger partial charge in [-0.25, -0.2) is 0 Å². The monoisotopic (exact) mass is 348 g/mol. The maximum atomic E-state index is 12.5. The van der Waals surface area contributed by atoms with Crippen molar-refractivity contribution in [2.75, 3.05) is 11.9 Å². The first-order chi connectivity index (χ1) is 11.5. The van der Waals surface area contributed by atoms with Crippen LogP contribution in [0.5, 0.6) is 0 Å². The molecule has 0 radical (unpaired) electrons. The zero-order chi connectivity index (χ0) is 17.1. The number of pyridine rings is 1. The number of carbonyl (C=O) groups excluding carboxylic acids is 1. The molecule has 1 saturated heterocycles. The highest BCUT2D eigenvalue weighted by molar-refractivity contribution is 6.35. The number of hydrogen-bond acceptors (Lipinski definition) is 4. The van der Waals surface area contributed by atoms with Crippen LogP contribution in [0.2, 0.25) is 5.02 Å². The number of anilines is 1. The Morgan fingerprint density at radius 3 is 3.00 bits per heavy atom. The minimum Gasteiger partial charge on any atom is -0.481 e. The normalized spacial score (nSPS) is 20.2. The lowest BCUT2D eigenvalue weighted by atomic mass is 10.0. The fourth-order valence-electron chi connectivity index (χ4n) is 2.86. The van der Waals surface area contributed by atoms with Gasteiger partial charge in [0, 0.05) is 18.0 Å². The molecule has 0 bridgehead atoms. The molecule has 2 atom stereocenters. The highest BCUT2D eigenvalue weighted by Crippen LogP contribution is 2.30.